The SMILES string of the molecule is Cc1ccc(SCCCC(=O)N(Cc2ccccc2)c2nc3c(Cl)cccc3s2)cc1. The topological polar surface area (TPSA) is 33.2 Å². The molecule has 0 aliphatic rings. The van der Waals surface area contributed by atoms with Crippen LogP contribution in [-0.4, -0.2) is 16.6 Å². The summed E-state index contributed by atoms with van der Waals surface area (Å²) < 4.78 is 0.989. The quantitative estimate of drug-likeness (QED) is 0.201. The lowest BCUT2D eigenvalue weighted by Crippen LogP contribution is -2.30. The summed E-state index contributed by atoms with van der Waals surface area (Å²) in [4.78, 5) is 21.0. The largest absolute Gasteiger partial charge is 0.284 e. The summed E-state index contributed by atoms with van der Waals surface area (Å²) in [6.07, 6.45) is 1.30. The molecule has 0 saturated carbocycles. The Kier molecular flexibility index (Phi) is 7.28. The third-order valence-electron chi connectivity index (χ3n) is 4.90. The molecule has 0 saturated heterocycles. The second-order valence-electron chi connectivity index (χ2n) is 7.31. The van der Waals surface area contributed by atoms with E-state index in [0.29, 0.717) is 23.1 Å². The van der Waals surface area contributed by atoms with Gasteiger partial charge in [-0.15, -0.1) is 11.8 Å². The Balaban J connectivity index is 1.47. The van der Waals surface area contributed by atoms with Gasteiger partial charge in [0, 0.05) is 11.3 Å². The van der Waals surface area contributed by atoms with Crippen molar-refractivity contribution in [2.75, 3.05) is 10.7 Å². The normalized spacial score (nSPS) is 11.0. The molecule has 0 N–H and O–H groups in total. The number of aromatic nitrogens is 1. The number of carbonyl (C=O) groups is 1. The zero-order valence-corrected chi connectivity index (χ0v) is 19.6. The Bertz CT molecular complexity index is 1160. The van der Waals surface area contributed by atoms with Crippen LogP contribution in [0.1, 0.15) is 24.0 Å². The molecular weight excluding hydrogens is 444 g/mol. The van der Waals surface area contributed by atoms with Crippen molar-refractivity contribution < 1.29 is 4.79 Å². The summed E-state index contributed by atoms with van der Waals surface area (Å²) >= 11 is 9.62. The molecule has 1 aromatic heterocycles. The van der Waals surface area contributed by atoms with E-state index >= 15 is 0 Å². The van der Waals surface area contributed by atoms with Gasteiger partial charge in [0.15, 0.2) is 5.13 Å². The zero-order valence-electron chi connectivity index (χ0n) is 17.3. The summed E-state index contributed by atoms with van der Waals surface area (Å²) in [7, 11) is 0. The van der Waals surface area contributed by atoms with E-state index in [1.54, 1.807) is 16.7 Å². The third-order valence-corrected chi connectivity index (χ3v) is 7.35. The van der Waals surface area contributed by atoms with Gasteiger partial charge in [-0.1, -0.05) is 77.0 Å². The predicted octanol–water partition coefficient (Wildman–Crippen LogP) is 7.36. The first kappa shape index (κ1) is 21.9. The summed E-state index contributed by atoms with van der Waals surface area (Å²) in [5, 5.41) is 1.31. The molecule has 158 valence electrons. The lowest BCUT2D eigenvalue weighted by Gasteiger charge is -2.20. The molecule has 31 heavy (non-hydrogen) atoms. The highest BCUT2D eigenvalue weighted by Crippen LogP contribution is 2.34. The number of thioether (sulfide) groups is 1. The van der Waals surface area contributed by atoms with Crippen molar-refractivity contribution in [2.45, 2.75) is 31.2 Å². The maximum absolute atomic E-state index is 13.2. The smallest absolute Gasteiger partial charge is 0.229 e. The van der Waals surface area contributed by atoms with Gasteiger partial charge in [0.1, 0.15) is 5.52 Å². The zero-order chi connectivity index (χ0) is 21.6. The molecule has 3 nitrogen and oxygen atoms in total. The van der Waals surface area contributed by atoms with Crippen LogP contribution in [0.15, 0.2) is 77.7 Å². The van der Waals surface area contributed by atoms with Gasteiger partial charge in [0.25, 0.3) is 0 Å². The number of amides is 1. The number of rotatable bonds is 8. The van der Waals surface area contributed by atoms with E-state index in [1.165, 1.54) is 21.8 Å². The van der Waals surface area contributed by atoms with Crippen LogP contribution in [0, 0.1) is 6.92 Å². The number of benzene rings is 3. The van der Waals surface area contributed by atoms with Crippen molar-refractivity contribution in [3.05, 3.63) is 88.9 Å². The molecule has 0 fully saturated rings. The van der Waals surface area contributed by atoms with Crippen LogP contribution in [0.25, 0.3) is 10.2 Å². The average Bonchev–Trinajstić information content (AvgIpc) is 3.22. The van der Waals surface area contributed by atoms with Crippen LogP contribution in [0.3, 0.4) is 0 Å². The number of anilines is 1. The van der Waals surface area contributed by atoms with Gasteiger partial charge in [-0.25, -0.2) is 4.98 Å². The van der Waals surface area contributed by atoms with E-state index in [2.05, 4.69) is 31.2 Å². The van der Waals surface area contributed by atoms with Gasteiger partial charge in [-0.3, -0.25) is 9.69 Å². The van der Waals surface area contributed by atoms with Crippen LogP contribution in [0.4, 0.5) is 5.13 Å². The molecule has 4 rings (SSSR count). The average molecular weight is 467 g/mol. The number of aryl methyl sites for hydroxylation is 1. The van der Waals surface area contributed by atoms with Crippen LogP contribution in [-0.2, 0) is 11.3 Å². The standard InChI is InChI=1S/C25H23ClN2OS2/c1-18-12-14-20(15-13-18)30-16-6-11-23(29)28(17-19-7-3-2-4-8-19)25-27-24-21(26)9-5-10-22(24)31-25/h2-5,7-10,12-15H,6,11,16-17H2,1H3. The Morgan fingerprint density at radius 2 is 1.81 bits per heavy atom. The van der Waals surface area contributed by atoms with E-state index < -0.39 is 0 Å². The first-order chi connectivity index (χ1) is 15.1. The minimum Gasteiger partial charge on any atom is -0.284 e. The fourth-order valence-corrected chi connectivity index (χ4v) is 5.36. The van der Waals surface area contributed by atoms with Gasteiger partial charge in [-0.05, 0) is 48.9 Å². The van der Waals surface area contributed by atoms with Crippen molar-refractivity contribution in [3.8, 4) is 0 Å². The lowest BCUT2D eigenvalue weighted by molar-refractivity contribution is -0.118. The molecule has 6 heteroatoms. The molecule has 1 heterocycles. The maximum atomic E-state index is 13.2. The highest BCUT2D eigenvalue weighted by molar-refractivity contribution is 7.99. The number of halogens is 1. The monoisotopic (exact) mass is 466 g/mol. The van der Waals surface area contributed by atoms with Gasteiger partial charge in [0.05, 0.1) is 16.3 Å². The number of hydrogen-bond donors (Lipinski definition) is 0. The molecule has 1 amide bonds. The van der Waals surface area contributed by atoms with E-state index in [1.807, 2.05) is 48.5 Å². The lowest BCUT2D eigenvalue weighted by atomic mass is 10.2. The van der Waals surface area contributed by atoms with Gasteiger partial charge in [-0.2, -0.15) is 0 Å². The predicted molar refractivity (Wildman–Crippen MR) is 133 cm³/mol. The number of thiazole rings is 1. The minimum atomic E-state index is 0.0866. The second kappa shape index (κ2) is 10.3. The summed E-state index contributed by atoms with van der Waals surface area (Å²) in [6.45, 7) is 2.59. The second-order valence-corrected chi connectivity index (χ2v) is 9.90. The maximum Gasteiger partial charge on any atom is 0.229 e. The van der Waals surface area contributed by atoms with Crippen molar-refractivity contribution in [3.63, 3.8) is 0 Å². The minimum absolute atomic E-state index is 0.0866. The first-order valence-corrected chi connectivity index (χ1v) is 12.4. The fraction of sp³-hybridized carbons (Fsp3) is 0.200. The van der Waals surface area contributed by atoms with Crippen molar-refractivity contribution in [1.29, 1.82) is 0 Å². The van der Waals surface area contributed by atoms with Crippen molar-refractivity contribution in [1.82, 2.24) is 4.98 Å². The Morgan fingerprint density at radius 1 is 1.03 bits per heavy atom. The molecule has 0 radical (unpaired) electrons. The fourth-order valence-electron chi connectivity index (χ4n) is 3.23. The van der Waals surface area contributed by atoms with E-state index in [-0.39, 0.29) is 5.91 Å². The molecule has 0 unspecified atom stereocenters. The van der Waals surface area contributed by atoms with Crippen LogP contribution in [0.2, 0.25) is 5.02 Å². The van der Waals surface area contributed by atoms with Gasteiger partial charge in [0.2, 0.25) is 5.91 Å². The van der Waals surface area contributed by atoms with Gasteiger partial charge >= 0.3 is 0 Å². The molecular formula is C25H23ClN2OS2. The summed E-state index contributed by atoms with van der Waals surface area (Å²) in [6, 6.07) is 24.3. The number of nitrogens with zero attached hydrogens (tertiary/aromatic N) is 2. The highest BCUT2D eigenvalue weighted by atomic mass is 35.5. The van der Waals surface area contributed by atoms with Gasteiger partial charge < -0.3 is 0 Å². The molecule has 0 bridgehead atoms. The number of fused-ring (bicyclic) bond motifs is 1. The van der Waals surface area contributed by atoms with Crippen LogP contribution < -0.4 is 4.90 Å². The first-order valence-electron chi connectivity index (χ1n) is 10.2. The molecule has 3 aromatic carbocycles. The summed E-state index contributed by atoms with van der Waals surface area (Å²) in [5.41, 5.74) is 3.09. The summed E-state index contributed by atoms with van der Waals surface area (Å²) in [5.74, 6) is 0.989. The van der Waals surface area contributed by atoms with Crippen molar-refractivity contribution >= 4 is 56.0 Å². The molecule has 4 aromatic rings. The van der Waals surface area contributed by atoms with Crippen LogP contribution >= 0.6 is 34.7 Å². The number of carbonyl (C=O) groups excluding carboxylic acids is 1. The molecule has 0 spiro atoms. The van der Waals surface area contributed by atoms with Crippen molar-refractivity contribution in [2.24, 2.45) is 0 Å². The van der Waals surface area contributed by atoms with E-state index in [4.69, 9.17) is 16.6 Å². The Hall–Kier alpha value is -2.34. The van der Waals surface area contributed by atoms with E-state index in [0.717, 1.165) is 28.0 Å². The molecule has 0 aliphatic carbocycles. The number of hydrogen-bond acceptors (Lipinski definition) is 4. The third kappa shape index (κ3) is 5.67. The number of para-hydroxylation sites is 1. The van der Waals surface area contributed by atoms with Crippen LogP contribution in [0.5, 0.6) is 0 Å². The highest BCUT2D eigenvalue weighted by Gasteiger charge is 2.20. The Labute approximate surface area is 196 Å². The molecule has 0 aliphatic heterocycles. The molecule has 0 atom stereocenters. The van der Waals surface area contributed by atoms with E-state index in [9.17, 15) is 4.79 Å². The Morgan fingerprint density at radius 3 is 2.55 bits per heavy atom.